The average Bonchev–Trinajstić information content (AvgIpc) is 2.95. The van der Waals surface area contributed by atoms with Crippen molar-refractivity contribution in [2.75, 3.05) is 13.2 Å². The van der Waals surface area contributed by atoms with Crippen molar-refractivity contribution in [2.45, 2.75) is 24.9 Å². The summed E-state index contributed by atoms with van der Waals surface area (Å²) in [6.45, 7) is 1.26. The molecule has 0 amide bonds. The first-order chi connectivity index (χ1) is 10.2. The van der Waals surface area contributed by atoms with Gasteiger partial charge in [0.15, 0.2) is 0 Å². The fourth-order valence-electron chi connectivity index (χ4n) is 3.43. The fourth-order valence-corrected chi connectivity index (χ4v) is 3.43. The zero-order valence-corrected chi connectivity index (χ0v) is 11.5. The molecule has 1 N–H and O–H groups in total. The Morgan fingerprint density at radius 3 is 2.90 bits per heavy atom. The molecule has 2 aliphatic heterocycles. The van der Waals surface area contributed by atoms with Crippen molar-refractivity contribution in [3.8, 4) is 5.75 Å². The molecule has 1 aliphatic carbocycles. The van der Waals surface area contributed by atoms with Gasteiger partial charge in [-0.25, -0.2) is 4.79 Å². The molecule has 1 aromatic rings. The molecule has 0 atom stereocenters. The molecule has 0 bridgehead atoms. The van der Waals surface area contributed by atoms with Gasteiger partial charge < -0.3 is 14.6 Å². The van der Waals surface area contributed by atoms with Gasteiger partial charge in [0.1, 0.15) is 11.4 Å². The number of nitrogens with zero attached hydrogens (tertiary/aromatic N) is 1. The molecule has 5 heteroatoms. The van der Waals surface area contributed by atoms with Crippen LogP contribution in [-0.4, -0.2) is 34.9 Å². The number of carboxylic acid groups (broad SMARTS) is 1. The fraction of sp³-hybridized carbons (Fsp3) is 0.375. The first-order valence-electron chi connectivity index (χ1n) is 7.08. The molecule has 21 heavy (non-hydrogen) atoms. The summed E-state index contributed by atoms with van der Waals surface area (Å²) in [5.41, 5.74) is 3.02. The minimum Gasteiger partial charge on any atom is -0.480 e. The van der Waals surface area contributed by atoms with Crippen LogP contribution in [0.2, 0.25) is 0 Å². The third-order valence-electron chi connectivity index (χ3n) is 4.49. The van der Waals surface area contributed by atoms with Crippen molar-refractivity contribution in [1.29, 1.82) is 0 Å². The van der Waals surface area contributed by atoms with E-state index < -0.39 is 11.6 Å². The normalized spacial score (nSPS) is 22.4. The molecule has 5 nitrogen and oxygen atoms in total. The number of hydrogen-bond donors (Lipinski definition) is 1. The number of aliphatic carboxylic acids is 1. The zero-order chi connectivity index (χ0) is 14.4. The lowest BCUT2D eigenvalue weighted by Gasteiger charge is -2.42. The Morgan fingerprint density at radius 2 is 2.14 bits per heavy atom. The smallest absolute Gasteiger partial charge is 0.331 e. The molecule has 3 aliphatic rings. The zero-order valence-electron chi connectivity index (χ0n) is 11.5. The van der Waals surface area contributed by atoms with Gasteiger partial charge in [-0.2, -0.15) is 0 Å². The molecule has 1 fully saturated rings. The molecule has 1 aromatic heterocycles. The monoisotopic (exact) mass is 285 g/mol. The van der Waals surface area contributed by atoms with Gasteiger partial charge in [-0.15, -0.1) is 0 Å². The first kappa shape index (κ1) is 12.6. The second-order valence-electron chi connectivity index (χ2n) is 5.62. The summed E-state index contributed by atoms with van der Waals surface area (Å²) >= 11 is 0. The Balaban J connectivity index is 1.87. The van der Waals surface area contributed by atoms with E-state index in [1.165, 1.54) is 0 Å². The lowest BCUT2D eigenvalue weighted by Crippen LogP contribution is -2.45. The van der Waals surface area contributed by atoms with Crippen molar-refractivity contribution >= 4 is 11.5 Å². The molecule has 4 rings (SSSR count). The maximum absolute atomic E-state index is 11.4. The minimum atomic E-state index is -0.859. The van der Waals surface area contributed by atoms with Gasteiger partial charge in [0.25, 0.3) is 0 Å². The lowest BCUT2D eigenvalue weighted by molar-refractivity contribution is -0.132. The van der Waals surface area contributed by atoms with Crippen molar-refractivity contribution in [2.24, 2.45) is 0 Å². The summed E-state index contributed by atoms with van der Waals surface area (Å²) in [6, 6.07) is 1.90. The Kier molecular flexibility index (Phi) is 2.65. The number of rotatable bonds is 1. The summed E-state index contributed by atoms with van der Waals surface area (Å²) in [5, 5.41) is 9.32. The van der Waals surface area contributed by atoms with Crippen LogP contribution in [0.1, 0.15) is 24.8 Å². The molecule has 0 aromatic carbocycles. The number of carboxylic acids is 1. The van der Waals surface area contributed by atoms with E-state index in [4.69, 9.17) is 9.47 Å². The van der Waals surface area contributed by atoms with Gasteiger partial charge in [-0.3, -0.25) is 4.98 Å². The Bertz CT molecular complexity index is 683. The Hall–Kier alpha value is -2.14. The topological polar surface area (TPSA) is 68.7 Å². The van der Waals surface area contributed by atoms with Crippen LogP contribution < -0.4 is 4.74 Å². The molecular weight excluding hydrogens is 270 g/mol. The van der Waals surface area contributed by atoms with Crippen molar-refractivity contribution in [3.05, 3.63) is 41.2 Å². The summed E-state index contributed by atoms with van der Waals surface area (Å²) in [7, 11) is 0. The van der Waals surface area contributed by atoms with Gasteiger partial charge in [-0.05, 0) is 17.7 Å². The van der Waals surface area contributed by atoms with E-state index >= 15 is 0 Å². The maximum Gasteiger partial charge on any atom is 0.331 e. The second kappa shape index (κ2) is 4.43. The molecule has 1 saturated heterocycles. The number of fused-ring (bicyclic) bond motifs is 3. The van der Waals surface area contributed by atoms with Crippen LogP contribution in [0.3, 0.4) is 0 Å². The Morgan fingerprint density at radius 1 is 1.33 bits per heavy atom. The van der Waals surface area contributed by atoms with Crippen molar-refractivity contribution in [3.63, 3.8) is 0 Å². The van der Waals surface area contributed by atoms with Gasteiger partial charge in [0.05, 0.1) is 19.4 Å². The standard InChI is InChI=1S/C16H15NO4/c18-15(19)10-7-12-11-1-4-17-9-14(11)21-16(13(12)8-10)2-5-20-6-3-16/h1,4,8-9H,2-3,5-7H2,(H,18,19). The highest BCUT2D eigenvalue weighted by molar-refractivity contribution is 5.96. The van der Waals surface area contributed by atoms with E-state index in [0.29, 0.717) is 25.2 Å². The summed E-state index contributed by atoms with van der Waals surface area (Å²) < 4.78 is 11.7. The SMILES string of the molecule is O=C(O)C1=CC2=C(C1)c1ccncc1OC21CCOCC1. The highest BCUT2D eigenvalue weighted by atomic mass is 16.5. The molecule has 3 heterocycles. The van der Waals surface area contributed by atoms with Crippen LogP contribution in [0.15, 0.2) is 35.7 Å². The van der Waals surface area contributed by atoms with Crippen LogP contribution in [0.4, 0.5) is 0 Å². The van der Waals surface area contributed by atoms with Crippen molar-refractivity contribution in [1.82, 2.24) is 4.98 Å². The van der Waals surface area contributed by atoms with Crippen LogP contribution in [0.25, 0.3) is 5.57 Å². The van der Waals surface area contributed by atoms with E-state index in [-0.39, 0.29) is 0 Å². The summed E-state index contributed by atoms with van der Waals surface area (Å²) in [6.07, 6.45) is 7.16. The third-order valence-corrected chi connectivity index (χ3v) is 4.49. The van der Waals surface area contributed by atoms with E-state index in [1.807, 2.05) is 6.07 Å². The predicted octanol–water partition coefficient (Wildman–Crippen LogP) is 2.19. The Labute approximate surface area is 121 Å². The van der Waals surface area contributed by atoms with Gasteiger partial charge in [0, 0.05) is 42.2 Å². The predicted molar refractivity (Wildman–Crippen MR) is 74.9 cm³/mol. The van der Waals surface area contributed by atoms with Gasteiger partial charge in [0.2, 0.25) is 0 Å². The number of allylic oxidation sites excluding steroid dienone is 1. The molecule has 0 radical (unpaired) electrons. The number of hydrogen-bond acceptors (Lipinski definition) is 4. The van der Waals surface area contributed by atoms with Crippen LogP contribution >= 0.6 is 0 Å². The van der Waals surface area contributed by atoms with Crippen LogP contribution in [0.5, 0.6) is 5.75 Å². The third kappa shape index (κ3) is 1.81. The van der Waals surface area contributed by atoms with E-state index in [0.717, 1.165) is 35.3 Å². The summed E-state index contributed by atoms with van der Waals surface area (Å²) in [4.78, 5) is 15.5. The average molecular weight is 285 g/mol. The van der Waals surface area contributed by atoms with Crippen LogP contribution in [0, 0.1) is 0 Å². The van der Waals surface area contributed by atoms with Crippen LogP contribution in [-0.2, 0) is 9.53 Å². The molecule has 1 spiro atoms. The maximum atomic E-state index is 11.4. The van der Waals surface area contributed by atoms with Gasteiger partial charge in [-0.1, -0.05) is 0 Å². The molecule has 0 saturated carbocycles. The number of pyridine rings is 1. The summed E-state index contributed by atoms with van der Waals surface area (Å²) in [5.74, 6) is -0.111. The molecule has 108 valence electrons. The highest BCUT2D eigenvalue weighted by Gasteiger charge is 2.45. The molecule has 0 unspecified atom stereocenters. The first-order valence-corrected chi connectivity index (χ1v) is 7.08. The molecular formula is C16H15NO4. The van der Waals surface area contributed by atoms with E-state index in [2.05, 4.69) is 4.98 Å². The number of aromatic nitrogens is 1. The quantitative estimate of drug-likeness (QED) is 0.856. The number of ether oxygens (including phenoxy) is 2. The second-order valence-corrected chi connectivity index (χ2v) is 5.62. The lowest BCUT2D eigenvalue weighted by atomic mass is 9.80. The van der Waals surface area contributed by atoms with E-state index in [1.54, 1.807) is 18.5 Å². The van der Waals surface area contributed by atoms with E-state index in [9.17, 15) is 9.90 Å². The van der Waals surface area contributed by atoms with Gasteiger partial charge >= 0.3 is 5.97 Å². The highest BCUT2D eigenvalue weighted by Crippen LogP contribution is 2.50. The number of carbonyl (C=O) groups is 1. The largest absolute Gasteiger partial charge is 0.480 e. The minimum absolute atomic E-state index is 0.430. The van der Waals surface area contributed by atoms with Crippen molar-refractivity contribution < 1.29 is 19.4 Å².